The van der Waals surface area contributed by atoms with Crippen LogP contribution < -0.4 is 16.2 Å². The summed E-state index contributed by atoms with van der Waals surface area (Å²) in [7, 11) is 1.45. The third-order valence-corrected chi connectivity index (χ3v) is 6.99. The summed E-state index contributed by atoms with van der Waals surface area (Å²) in [4.78, 5) is 56.0. The van der Waals surface area contributed by atoms with E-state index in [1.54, 1.807) is 4.90 Å². The first-order valence-electron chi connectivity index (χ1n) is 12.4. The maximum Gasteiger partial charge on any atom is 0.410 e. The zero-order chi connectivity index (χ0) is 26.5. The lowest BCUT2D eigenvalue weighted by molar-refractivity contribution is 0.0269. The average Bonchev–Trinajstić information content (AvgIpc) is 3.22. The number of aromatic nitrogens is 2. The van der Waals surface area contributed by atoms with Gasteiger partial charge in [0.1, 0.15) is 11.2 Å². The first-order valence-corrected chi connectivity index (χ1v) is 12.4. The molecule has 3 N–H and O–H groups in total. The molecule has 3 aromatic rings. The number of ether oxygens (including phenoxy) is 1. The Balaban J connectivity index is 1.33. The highest BCUT2D eigenvalue weighted by Gasteiger charge is 2.58. The molecule has 1 aliphatic carbocycles. The molecular formula is C27H31N5O5. The molecular weight excluding hydrogens is 474 g/mol. The standard InChI is InChI=1S/C27H31N5O5/c1-27(2,3)37-26(36)32-13-19-20(14-32)22(19)30-23(33)16-10-18(24(34)28-4)25(35)31(12-16)11-15-6-5-7-21-17(15)8-9-29-21/h5-10,12,19-20,22,29H,11,13-14H2,1-4H3,(H,28,34)(H,30,33). The fraction of sp³-hybridized carbons (Fsp3) is 0.407. The van der Waals surface area contributed by atoms with Gasteiger partial charge in [0, 0.05) is 61.3 Å². The van der Waals surface area contributed by atoms with E-state index in [9.17, 15) is 19.2 Å². The van der Waals surface area contributed by atoms with Gasteiger partial charge in [-0.3, -0.25) is 14.4 Å². The number of pyridine rings is 1. The second-order valence-corrected chi connectivity index (χ2v) is 10.7. The van der Waals surface area contributed by atoms with Crippen molar-refractivity contribution in [3.05, 3.63) is 69.8 Å². The van der Waals surface area contributed by atoms with E-state index >= 15 is 0 Å². The van der Waals surface area contributed by atoms with Crippen LogP contribution in [0.15, 0.2) is 47.5 Å². The molecule has 1 aromatic carbocycles. The van der Waals surface area contributed by atoms with Crippen molar-refractivity contribution in [2.45, 2.75) is 39.0 Å². The van der Waals surface area contributed by atoms with Crippen LogP contribution in [0.5, 0.6) is 0 Å². The zero-order valence-corrected chi connectivity index (χ0v) is 21.3. The number of hydrogen-bond donors (Lipinski definition) is 3. The Hall–Kier alpha value is -4.08. The molecule has 2 unspecified atom stereocenters. The molecule has 0 spiro atoms. The summed E-state index contributed by atoms with van der Waals surface area (Å²) in [5, 5.41) is 6.48. The Labute approximate surface area is 214 Å². The monoisotopic (exact) mass is 505 g/mol. The van der Waals surface area contributed by atoms with E-state index in [0.29, 0.717) is 13.1 Å². The summed E-state index contributed by atoms with van der Waals surface area (Å²) in [6, 6.07) is 8.95. The number of H-pyrrole nitrogens is 1. The molecule has 2 aromatic heterocycles. The smallest absolute Gasteiger partial charge is 0.410 e. The fourth-order valence-electron chi connectivity index (χ4n) is 5.10. The first kappa shape index (κ1) is 24.6. The van der Waals surface area contributed by atoms with Gasteiger partial charge >= 0.3 is 6.09 Å². The number of amides is 3. The average molecular weight is 506 g/mol. The number of carbonyl (C=O) groups is 3. The maximum atomic E-state index is 13.2. The van der Waals surface area contributed by atoms with Crippen LogP contribution in [-0.4, -0.2) is 64.1 Å². The number of fused-ring (bicyclic) bond motifs is 2. The Bertz CT molecular complexity index is 1440. The number of hydrogen-bond acceptors (Lipinski definition) is 5. The van der Waals surface area contributed by atoms with Gasteiger partial charge in [0.05, 0.1) is 12.1 Å². The zero-order valence-electron chi connectivity index (χ0n) is 21.3. The van der Waals surface area contributed by atoms with Crippen molar-refractivity contribution in [2.75, 3.05) is 20.1 Å². The lowest BCUT2D eigenvalue weighted by Crippen LogP contribution is -2.40. The Morgan fingerprint density at radius 2 is 1.84 bits per heavy atom. The summed E-state index contributed by atoms with van der Waals surface area (Å²) in [6.07, 6.45) is 2.98. The van der Waals surface area contributed by atoms with E-state index < -0.39 is 17.1 Å². The van der Waals surface area contributed by atoms with Gasteiger partial charge in [0.15, 0.2) is 0 Å². The predicted molar refractivity (Wildman–Crippen MR) is 138 cm³/mol. The Morgan fingerprint density at radius 3 is 2.51 bits per heavy atom. The molecule has 0 radical (unpaired) electrons. The van der Waals surface area contributed by atoms with Gasteiger partial charge in [-0.25, -0.2) is 4.79 Å². The SMILES string of the molecule is CNC(=O)c1cc(C(=O)NC2C3CN(C(=O)OC(C)(C)C)CC32)cn(Cc2cccc3[nH]ccc23)c1=O. The number of benzene rings is 1. The van der Waals surface area contributed by atoms with E-state index in [-0.39, 0.29) is 47.5 Å². The molecule has 1 saturated carbocycles. The van der Waals surface area contributed by atoms with Crippen molar-refractivity contribution < 1.29 is 19.1 Å². The highest BCUT2D eigenvalue weighted by Crippen LogP contribution is 2.45. The normalized spacial score (nSPS) is 20.4. The van der Waals surface area contributed by atoms with Gasteiger partial charge in [-0.05, 0) is 44.5 Å². The van der Waals surface area contributed by atoms with E-state index in [2.05, 4.69) is 15.6 Å². The lowest BCUT2D eigenvalue weighted by atomic mass is 10.1. The van der Waals surface area contributed by atoms with E-state index in [0.717, 1.165) is 16.5 Å². The number of likely N-dealkylation sites (tertiary alicyclic amines) is 1. The summed E-state index contributed by atoms with van der Waals surface area (Å²) in [5.74, 6) is -0.592. The third kappa shape index (κ3) is 4.83. The van der Waals surface area contributed by atoms with Crippen LogP contribution in [-0.2, 0) is 11.3 Å². The number of rotatable bonds is 5. The number of nitrogens with one attached hydrogen (secondary N) is 3. The van der Waals surface area contributed by atoms with Gasteiger partial charge in [0.2, 0.25) is 0 Å². The van der Waals surface area contributed by atoms with Crippen molar-refractivity contribution >= 4 is 28.8 Å². The summed E-state index contributed by atoms with van der Waals surface area (Å²) in [5.41, 5.74) is 0.930. The van der Waals surface area contributed by atoms with Gasteiger partial charge < -0.3 is 29.8 Å². The molecule has 37 heavy (non-hydrogen) atoms. The van der Waals surface area contributed by atoms with Crippen LogP contribution in [0.2, 0.25) is 0 Å². The first-order chi connectivity index (χ1) is 17.6. The Kier molecular flexibility index (Phi) is 6.05. The Morgan fingerprint density at radius 1 is 1.11 bits per heavy atom. The quantitative estimate of drug-likeness (QED) is 0.491. The molecule has 2 atom stereocenters. The largest absolute Gasteiger partial charge is 0.444 e. The summed E-state index contributed by atoms with van der Waals surface area (Å²) >= 11 is 0. The molecule has 2 aliphatic rings. The van der Waals surface area contributed by atoms with Gasteiger partial charge in [-0.15, -0.1) is 0 Å². The molecule has 2 fully saturated rings. The highest BCUT2D eigenvalue weighted by atomic mass is 16.6. The number of piperidine rings is 1. The number of nitrogens with zero attached hydrogens (tertiary/aromatic N) is 2. The lowest BCUT2D eigenvalue weighted by Gasteiger charge is -2.26. The minimum atomic E-state index is -0.560. The highest BCUT2D eigenvalue weighted by molar-refractivity contribution is 5.99. The van der Waals surface area contributed by atoms with Crippen molar-refractivity contribution in [1.29, 1.82) is 0 Å². The molecule has 1 aliphatic heterocycles. The van der Waals surface area contributed by atoms with E-state index in [4.69, 9.17) is 4.74 Å². The van der Waals surface area contributed by atoms with Crippen molar-refractivity contribution in [2.24, 2.45) is 11.8 Å². The minimum absolute atomic E-state index is 0.0661. The molecule has 3 amide bonds. The van der Waals surface area contributed by atoms with Crippen LogP contribution in [0.3, 0.4) is 0 Å². The third-order valence-electron chi connectivity index (χ3n) is 6.99. The molecule has 194 valence electrons. The maximum absolute atomic E-state index is 13.2. The molecule has 3 heterocycles. The van der Waals surface area contributed by atoms with Gasteiger partial charge in [-0.1, -0.05) is 12.1 Å². The van der Waals surface area contributed by atoms with Crippen LogP contribution in [0.1, 0.15) is 47.1 Å². The topological polar surface area (TPSA) is 126 Å². The second-order valence-electron chi connectivity index (χ2n) is 10.7. The number of aromatic amines is 1. The molecule has 0 bridgehead atoms. The second kappa shape index (κ2) is 9.10. The minimum Gasteiger partial charge on any atom is -0.444 e. The van der Waals surface area contributed by atoms with Crippen molar-refractivity contribution in [3.63, 3.8) is 0 Å². The molecule has 10 nitrogen and oxygen atoms in total. The molecule has 5 rings (SSSR count). The summed E-state index contributed by atoms with van der Waals surface area (Å²) < 4.78 is 6.85. The van der Waals surface area contributed by atoms with Crippen LogP contribution >= 0.6 is 0 Å². The van der Waals surface area contributed by atoms with Crippen LogP contribution in [0, 0.1) is 11.8 Å². The molecule has 10 heteroatoms. The predicted octanol–water partition coefficient (Wildman–Crippen LogP) is 2.33. The van der Waals surface area contributed by atoms with Crippen LogP contribution in [0.4, 0.5) is 4.79 Å². The van der Waals surface area contributed by atoms with Crippen LogP contribution in [0.25, 0.3) is 10.9 Å². The molecule has 1 saturated heterocycles. The number of carbonyl (C=O) groups excluding carboxylic acids is 3. The van der Waals surface area contributed by atoms with E-state index in [1.807, 2.05) is 51.2 Å². The van der Waals surface area contributed by atoms with Gasteiger partial charge in [-0.2, -0.15) is 0 Å². The van der Waals surface area contributed by atoms with Gasteiger partial charge in [0.25, 0.3) is 17.4 Å². The fourth-order valence-corrected chi connectivity index (χ4v) is 5.10. The van der Waals surface area contributed by atoms with Crippen molar-refractivity contribution in [3.8, 4) is 0 Å². The van der Waals surface area contributed by atoms with E-state index in [1.165, 1.54) is 23.9 Å². The van der Waals surface area contributed by atoms with Crippen molar-refractivity contribution in [1.82, 2.24) is 25.1 Å². The summed E-state index contributed by atoms with van der Waals surface area (Å²) in [6.45, 7) is 6.74.